The van der Waals surface area contributed by atoms with Gasteiger partial charge < -0.3 is 88.7 Å². The monoisotopic (exact) mass is 1710 g/mol. The number of ether oxygens (including phenoxy) is 8. The van der Waals surface area contributed by atoms with E-state index in [1.165, 1.54) is 193 Å². The van der Waals surface area contributed by atoms with Crippen molar-refractivity contribution in [3.05, 3.63) is 12.2 Å². The number of carbonyl (C=O) groups is 4. The molecule has 10 N–H and O–H groups in total. The summed E-state index contributed by atoms with van der Waals surface area (Å²) >= 11 is 0. The van der Waals surface area contributed by atoms with Crippen molar-refractivity contribution in [1.29, 1.82) is 0 Å². The van der Waals surface area contributed by atoms with Crippen LogP contribution in [0.5, 0.6) is 0 Å². The van der Waals surface area contributed by atoms with Gasteiger partial charge in [0.05, 0.1) is 13.2 Å². The van der Waals surface area contributed by atoms with Crippen LogP contribution >= 0.6 is 7.82 Å². The van der Waals surface area contributed by atoms with Crippen molar-refractivity contribution < 1.29 is 122 Å². The van der Waals surface area contributed by atoms with E-state index < -0.39 is 162 Å². The molecular formula is C92H171O25P. The first-order valence-electron chi connectivity index (χ1n) is 47.9. The highest BCUT2D eigenvalue weighted by molar-refractivity contribution is 7.47. The topological polar surface area (TPSA) is 380 Å². The Morgan fingerprint density at radius 3 is 1.02 bits per heavy atom. The third-order valence-electron chi connectivity index (χ3n) is 23.5. The quantitative estimate of drug-likeness (QED) is 0.00889. The molecular weight excluding hydrogens is 1540 g/mol. The minimum Gasteiger partial charge on any atom is -0.463 e. The predicted molar refractivity (Wildman–Crippen MR) is 458 cm³/mol. The molecule has 0 spiro atoms. The Hall–Kier alpha value is -2.79. The Morgan fingerprint density at radius 1 is 0.331 bits per heavy atom. The lowest BCUT2D eigenvalue weighted by atomic mass is 9.84. The second-order valence-corrected chi connectivity index (χ2v) is 35.6. The summed E-state index contributed by atoms with van der Waals surface area (Å²) in [4.78, 5) is 66.5. The summed E-state index contributed by atoms with van der Waals surface area (Å²) in [6, 6.07) is 0. The van der Waals surface area contributed by atoms with Crippen molar-refractivity contribution >= 4 is 31.7 Å². The Kier molecular flexibility index (Phi) is 66.2. The van der Waals surface area contributed by atoms with E-state index in [-0.39, 0.29) is 25.7 Å². The van der Waals surface area contributed by atoms with Gasteiger partial charge in [0.15, 0.2) is 24.8 Å². The van der Waals surface area contributed by atoms with Crippen LogP contribution in [0.1, 0.15) is 419 Å². The van der Waals surface area contributed by atoms with Crippen molar-refractivity contribution in [3.8, 4) is 0 Å². The maximum atomic E-state index is 14.9. The van der Waals surface area contributed by atoms with Gasteiger partial charge in [0, 0.05) is 25.7 Å². The summed E-state index contributed by atoms with van der Waals surface area (Å²) in [7, 11) is -5.80. The van der Waals surface area contributed by atoms with E-state index in [2.05, 4.69) is 39.8 Å². The lowest BCUT2D eigenvalue weighted by molar-refractivity contribution is -0.360. The highest BCUT2D eigenvalue weighted by Crippen LogP contribution is 2.49. The number of allylic oxidation sites excluding steroid dienone is 2. The van der Waals surface area contributed by atoms with Gasteiger partial charge in [-0.15, -0.1) is 0 Å². The third-order valence-corrected chi connectivity index (χ3v) is 24.5. The number of hydrogen-bond donors (Lipinski definition) is 10. The number of aliphatic hydroxyl groups excluding tert-OH is 9. The zero-order valence-electron chi connectivity index (χ0n) is 74.0. The molecule has 26 heteroatoms. The van der Waals surface area contributed by atoms with Gasteiger partial charge in [0.25, 0.3) is 0 Å². The van der Waals surface area contributed by atoms with Crippen molar-refractivity contribution in [3.63, 3.8) is 0 Å². The lowest BCUT2D eigenvalue weighted by Gasteiger charge is -2.50. The number of rotatable bonds is 78. The summed E-state index contributed by atoms with van der Waals surface area (Å²) in [5.74, 6) is -2.95. The van der Waals surface area contributed by atoms with Crippen LogP contribution in [0.15, 0.2) is 12.2 Å². The van der Waals surface area contributed by atoms with Gasteiger partial charge in [-0.05, 0) is 51.4 Å². The Labute approximate surface area is 712 Å². The van der Waals surface area contributed by atoms with Crippen molar-refractivity contribution in [1.82, 2.24) is 0 Å². The van der Waals surface area contributed by atoms with Gasteiger partial charge in [0.2, 0.25) is 0 Å². The molecule has 2 saturated heterocycles. The first-order valence-corrected chi connectivity index (χ1v) is 49.4. The molecule has 0 bridgehead atoms. The summed E-state index contributed by atoms with van der Waals surface area (Å²) in [5.41, 5.74) is 0. The predicted octanol–water partition coefficient (Wildman–Crippen LogP) is 17.9. The van der Waals surface area contributed by atoms with Gasteiger partial charge in [-0.3, -0.25) is 28.2 Å². The largest absolute Gasteiger partial charge is 0.472 e. The molecule has 0 aromatic rings. The highest BCUT2D eigenvalue weighted by atomic mass is 31.2. The number of unbranched alkanes of at least 4 members (excludes halogenated alkanes) is 52. The molecule has 0 aromatic heterocycles. The van der Waals surface area contributed by atoms with Crippen LogP contribution < -0.4 is 0 Å². The van der Waals surface area contributed by atoms with Crippen LogP contribution in [-0.4, -0.2) is 205 Å². The molecule has 118 heavy (non-hydrogen) atoms. The minimum absolute atomic E-state index is 0.0185. The number of esters is 4. The highest BCUT2D eigenvalue weighted by Gasteiger charge is 2.60. The van der Waals surface area contributed by atoms with E-state index in [0.29, 0.717) is 32.1 Å². The van der Waals surface area contributed by atoms with Gasteiger partial charge in [-0.2, -0.15) is 0 Å². The summed E-state index contributed by atoms with van der Waals surface area (Å²) in [6.07, 6.45) is 30.4. The van der Waals surface area contributed by atoms with E-state index in [1.807, 2.05) is 0 Å². The number of phosphoric ester groups is 1. The molecule has 18 atom stereocenters. The molecule has 3 rings (SSSR count). The van der Waals surface area contributed by atoms with Gasteiger partial charge in [-0.25, -0.2) is 4.57 Å². The van der Waals surface area contributed by atoms with Gasteiger partial charge in [0.1, 0.15) is 92.6 Å². The smallest absolute Gasteiger partial charge is 0.463 e. The van der Waals surface area contributed by atoms with Crippen molar-refractivity contribution in [2.75, 3.05) is 26.4 Å². The van der Waals surface area contributed by atoms with Crippen LogP contribution in [0.4, 0.5) is 0 Å². The molecule has 3 aliphatic rings. The average molecular weight is 1710 g/mol. The fraction of sp³-hybridized carbons (Fsp3) is 0.935. The first kappa shape index (κ1) is 109. The molecule has 0 aromatic carbocycles. The molecule has 2 heterocycles. The molecule has 25 nitrogen and oxygen atoms in total. The van der Waals surface area contributed by atoms with Crippen LogP contribution in [0.25, 0.3) is 0 Å². The number of aliphatic hydroxyl groups is 9. The molecule has 2 aliphatic heterocycles. The van der Waals surface area contributed by atoms with Crippen molar-refractivity contribution in [2.24, 2.45) is 0 Å². The first-order chi connectivity index (χ1) is 57.2. The van der Waals surface area contributed by atoms with Gasteiger partial charge in [-0.1, -0.05) is 354 Å². The maximum absolute atomic E-state index is 14.9. The standard InChI is InChI=1S/C92H171O25P/c1-5-9-13-17-21-25-29-33-36-39-41-45-49-53-57-61-65-76(95)109-71-74-80(99)82(101)86(105)92(113-74)116-89-87(114-78(97)67-63-59-55-51-47-43-38-35-31-27-23-19-15-11-7-3)83(102)84(103)88(115-91-85(104)81(100)79(98)73(68-93)112-91)90(89)117-118(106,107)110-70-72(69-108-75(94)64-60-56-52-48-44-40-32-28-24-20-16-12-8-4)111-77(96)66-62-58-54-50-46-42-37-34-30-26-22-18-14-10-6-2/h27,31,72-74,79-93,98-105H,5-26,28-30,32-71H2,1-4H3,(H,106,107)/b31-27-. The zero-order chi connectivity index (χ0) is 86.1. The Bertz CT molecular complexity index is 2500. The second-order valence-electron chi connectivity index (χ2n) is 34.2. The minimum atomic E-state index is -5.80. The zero-order valence-corrected chi connectivity index (χ0v) is 74.9. The molecule has 18 unspecified atom stereocenters. The molecule has 0 amide bonds. The lowest BCUT2D eigenvalue weighted by Crippen LogP contribution is -2.70. The molecule has 1 aliphatic carbocycles. The maximum Gasteiger partial charge on any atom is 0.472 e. The van der Waals surface area contributed by atoms with E-state index in [9.17, 15) is 74.6 Å². The van der Waals surface area contributed by atoms with Crippen LogP contribution in [-0.2, 0) is 70.7 Å². The van der Waals surface area contributed by atoms with Crippen LogP contribution in [0.2, 0.25) is 0 Å². The second kappa shape index (κ2) is 71.4. The van der Waals surface area contributed by atoms with E-state index in [4.69, 9.17) is 46.9 Å². The number of carbonyl (C=O) groups excluding carboxylic acids is 4. The van der Waals surface area contributed by atoms with Crippen LogP contribution in [0, 0.1) is 0 Å². The number of hydrogen-bond acceptors (Lipinski definition) is 24. The summed E-state index contributed by atoms with van der Waals surface area (Å²) in [5, 5.41) is 102. The van der Waals surface area contributed by atoms with Gasteiger partial charge >= 0.3 is 31.7 Å². The molecule has 694 valence electrons. The molecule has 3 fully saturated rings. The third kappa shape index (κ3) is 51.0. The van der Waals surface area contributed by atoms with E-state index in [1.54, 1.807) is 0 Å². The van der Waals surface area contributed by atoms with Crippen molar-refractivity contribution in [2.45, 2.75) is 524 Å². The average Bonchev–Trinajstić information content (AvgIpc) is 0.754. The summed E-state index contributed by atoms with van der Waals surface area (Å²) < 4.78 is 73.5. The Balaban J connectivity index is 1.91. The fourth-order valence-corrected chi connectivity index (χ4v) is 16.9. The normalized spacial score (nSPS) is 24.9. The summed E-state index contributed by atoms with van der Waals surface area (Å²) in [6.45, 7) is 5.62. The SMILES string of the molecule is CCCCCC/C=C\CCCCCCCCCC(=O)OC1C(O)C(O)C(OC2OC(CO)C(O)C(O)C2O)C(OP(=O)(O)OCC(COC(=O)CCCCCCCCCCCCCCC)OC(=O)CCCCCCCCCCCCCCCCC)C1OC1OC(COC(=O)CCCCCCCCCCCCCCCCCC)C(O)C(O)C1O. The fourth-order valence-electron chi connectivity index (χ4n) is 15.9. The van der Waals surface area contributed by atoms with E-state index >= 15 is 0 Å². The number of phosphoric acid groups is 1. The van der Waals surface area contributed by atoms with E-state index in [0.717, 1.165) is 141 Å². The Morgan fingerprint density at radius 2 is 0.636 bits per heavy atom. The molecule has 1 saturated carbocycles. The van der Waals surface area contributed by atoms with Crippen LogP contribution in [0.3, 0.4) is 0 Å². The molecule has 0 radical (unpaired) electrons.